The Kier molecular flexibility index (Phi) is 4.78. The minimum Gasteiger partial charge on any atom is -0.385 e. The van der Waals surface area contributed by atoms with Gasteiger partial charge < -0.3 is 14.9 Å². The van der Waals surface area contributed by atoms with Gasteiger partial charge in [0.1, 0.15) is 5.82 Å². The van der Waals surface area contributed by atoms with Crippen LogP contribution < -0.4 is 5.32 Å². The number of anilines is 1. The third-order valence-corrected chi connectivity index (χ3v) is 5.90. The fraction of sp³-hybridized carbons (Fsp3) is 0.304. The van der Waals surface area contributed by atoms with E-state index in [2.05, 4.69) is 25.5 Å². The highest BCUT2D eigenvalue weighted by molar-refractivity contribution is 5.58. The van der Waals surface area contributed by atoms with Gasteiger partial charge >= 0.3 is 0 Å². The Balaban J connectivity index is 1.34. The highest BCUT2D eigenvalue weighted by Crippen LogP contribution is 2.41. The molecule has 1 fully saturated rings. The van der Waals surface area contributed by atoms with Gasteiger partial charge in [-0.05, 0) is 49.4 Å². The fourth-order valence-electron chi connectivity index (χ4n) is 3.79. The van der Waals surface area contributed by atoms with Crippen molar-refractivity contribution in [3.8, 4) is 23.0 Å². The number of aryl methyl sites for hydroxylation is 1. The van der Waals surface area contributed by atoms with E-state index < -0.39 is 5.60 Å². The van der Waals surface area contributed by atoms with Crippen molar-refractivity contribution in [3.63, 3.8) is 0 Å². The van der Waals surface area contributed by atoms with Gasteiger partial charge in [-0.2, -0.15) is 10.1 Å². The molecular formula is C23H24N6O2. The van der Waals surface area contributed by atoms with Gasteiger partial charge in [-0.3, -0.25) is 4.68 Å². The van der Waals surface area contributed by atoms with Gasteiger partial charge in [0.25, 0.3) is 5.89 Å². The highest BCUT2D eigenvalue weighted by atomic mass is 16.5. The average molecular weight is 416 g/mol. The van der Waals surface area contributed by atoms with Crippen LogP contribution >= 0.6 is 0 Å². The van der Waals surface area contributed by atoms with E-state index in [1.807, 2.05) is 67.3 Å². The van der Waals surface area contributed by atoms with Gasteiger partial charge in [0.05, 0.1) is 12.1 Å². The van der Waals surface area contributed by atoms with Crippen molar-refractivity contribution in [2.75, 3.05) is 12.4 Å². The Bertz CT molecular complexity index is 1190. The molecule has 0 aliphatic heterocycles. The number of hydrogen-bond donors (Lipinski definition) is 2. The molecule has 3 aromatic heterocycles. The summed E-state index contributed by atoms with van der Waals surface area (Å²) in [5, 5.41) is 22.3. The maximum Gasteiger partial charge on any atom is 0.278 e. The lowest BCUT2D eigenvalue weighted by Crippen LogP contribution is -2.33. The molecule has 1 aromatic carbocycles. The van der Waals surface area contributed by atoms with Gasteiger partial charge in [0, 0.05) is 24.5 Å². The second-order valence-corrected chi connectivity index (χ2v) is 8.02. The summed E-state index contributed by atoms with van der Waals surface area (Å²) in [4.78, 5) is 8.87. The summed E-state index contributed by atoms with van der Waals surface area (Å²) in [5.41, 5.74) is 3.79. The number of aromatic nitrogens is 5. The van der Waals surface area contributed by atoms with Crippen LogP contribution in [0.1, 0.15) is 36.1 Å². The lowest BCUT2D eigenvalue weighted by Gasteiger charge is -2.37. The maximum atomic E-state index is 10.5. The van der Waals surface area contributed by atoms with Crippen LogP contribution in [0, 0.1) is 6.92 Å². The van der Waals surface area contributed by atoms with Crippen LogP contribution in [0.15, 0.2) is 53.2 Å². The van der Waals surface area contributed by atoms with Crippen molar-refractivity contribution >= 4 is 5.82 Å². The quantitative estimate of drug-likeness (QED) is 0.493. The van der Waals surface area contributed by atoms with E-state index in [4.69, 9.17) is 4.52 Å². The first-order chi connectivity index (χ1) is 15.0. The third-order valence-electron chi connectivity index (χ3n) is 5.90. The summed E-state index contributed by atoms with van der Waals surface area (Å²) in [6.07, 6.45) is 4.53. The van der Waals surface area contributed by atoms with Crippen molar-refractivity contribution in [2.24, 2.45) is 0 Å². The smallest absolute Gasteiger partial charge is 0.278 e. The van der Waals surface area contributed by atoms with Crippen molar-refractivity contribution in [1.29, 1.82) is 0 Å². The van der Waals surface area contributed by atoms with Crippen LogP contribution in [-0.4, -0.2) is 37.1 Å². The number of pyridine rings is 1. The van der Waals surface area contributed by atoms with E-state index in [1.54, 1.807) is 0 Å². The minimum absolute atomic E-state index is 0.377. The molecule has 0 bridgehead atoms. The zero-order valence-corrected chi connectivity index (χ0v) is 17.5. The predicted molar refractivity (Wildman–Crippen MR) is 116 cm³/mol. The lowest BCUT2D eigenvalue weighted by molar-refractivity contribution is -0.0387. The van der Waals surface area contributed by atoms with Crippen LogP contribution in [0.2, 0.25) is 0 Å². The largest absolute Gasteiger partial charge is 0.385 e. The predicted octanol–water partition coefficient (Wildman–Crippen LogP) is 3.77. The molecule has 0 saturated heterocycles. The molecule has 0 unspecified atom stereocenters. The van der Waals surface area contributed by atoms with Crippen LogP contribution in [-0.2, 0) is 12.1 Å². The molecule has 0 spiro atoms. The summed E-state index contributed by atoms with van der Waals surface area (Å²) in [6.45, 7) is 2.60. The van der Waals surface area contributed by atoms with E-state index in [1.165, 1.54) is 0 Å². The van der Waals surface area contributed by atoms with Crippen LogP contribution in [0.25, 0.3) is 23.0 Å². The van der Waals surface area contributed by atoms with E-state index >= 15 is 0 Å². The molecule has 0 radical (unpaired) electrons. The first-order valence-corrected chi connectivity index (χ1v) is 10.4. The molecule has 158 valence electrons. The van der Waals surface area contributed by atoms with Crippen molar-refractivity contribution in [3.05, 3.63) is 65.5 Å². The molecule has 1 saturated carbocycles. The zero-order valence-electron chi connectivity index (χ0n) is 17.5. The van der Waals surface area contributed by atoms with Crippen LogP contribution in [0.4, 0.5) is 5.82 Å². The maximum absolute atomic E-state index is 10.5. The standard InChI is InChI=1S/C23H24N6O2/c1-15-12-19(27-29(15)14-16-4-9-20(24-2)25-13-16)22-26-21(28-31-22)17-5-7-18(8-6-17)23(30)10-3-11-23/h4-9,12-13,30H,3,10-11,14H2,1-2H3,(H,24,25). The Morgan fingerprint density at radius 3 is 2.61 bits per heavy atom. The van der Waals surface area contributed by atoms with Crippen LogP contribution in [0.5, 0.6) is 0 Å². The van der Waals surface area contributed by atoms with E-state index in [-0.39, 0.29) is 0 Å². The molecule has 5 rings (SSSR count). The Hall–Kier alpha value is -3.52. The summed E-state index contributed by atoms with van der Waals surface area (Å²) in [6, 6.07) is 13.6. The van der Waals surface area contributed by atoms with Gasteiger partial charge in [-0.25, -0.2) is 4.98 Å². The number of rotatable bonds is 6. The monoisotopic (exact) mass is 416 g/mol. The number of benzene rings is 1. The fourth-order valence-corrected chi connectivity index (χ4v) is 3.79. The summed E-state index contributed by atoms with van der Waals surface area (Å²) in [7, 11) is 1.84. The molecule has 3 heterocycles. The second-order valence-electron chi connectivity index (χ2n) is 8.02. The molecule has 1 aliphatic rings. The number of hydrogen-bond acceptors (Lipinski definition) is 7. The van der Waals surface area contributed by atoms with Gasteiger partial charge in [0.15, 0.2) is 5.69 Å². The summed E-state index contributed by atoms with van der Waals surface area (Å²) in [5.74, 6) is 1.71. The summed E-state index contributed by atoms with van der Waals surface area (Å²) < 4.78 is 7.37. The molecule has 8 nitrogen and oxygen atoms in total. The van der Waals surface area contributed by atoms with Crippen molar-refractivity contribution in [1.82, 2.24) is 24.9 Å². The minimum atomic E-state index is -0.672. The highest BCUT2D eigenvalue weighted by Gasteiger charge is 2.36. The van der Waals surface area contributed by atoms with E-state index in [0.717, 1.165) is 47.5 Å². The third kappa shape index (κ3) is 3.70. The molecule has 0 atom stereocenters. The van der Waals surface area contributed by atoms with E-state index in [9.17, 15) is 5.11 Å². The van der Waals surface area contributed by atoms with Crippen molar-refractivity contribution < 1.29 is 9.63 Å². The number of nitrogens with zero attached hydrogens (tertiary/aromatic N) is 5. The molecule has 2 N–H and O–H groups in total. The van der Waals surface area contributed by atoms with Crippen LogP contribution in [0.3, 0.4) is 0 Å². The van der Waals surface area contributed by atoms with Gasteiger partial charge in [-0.1, -0.05) is 35.5 Å². The second kappa shape index (κ2) is 7.63. The molecule has 4 aromatic rings. The van der Waals surface area contributed by atoms with Gasteiger partial charge in [0.2, 0.25) is 5.82 Å². The lowest BCUT2D eigenvalue weighted by atomic mass is 9.75. The zero-order chi connectivity index (χ0) is 21.4. The molecular weight excluding hydrogens is 392 g/mol. The normalized spacial score (nSPS) is 14.9. The molecule has 31 heavy (non-hydrogen) atoms. The van der Waals surface area contributed by atoms with Crippen molar-refractivity contribution in [2.45, 2.75) is 38.3 Å². The van der Waals surface area contributed by atoms with Gasteiger partial charge in [-0.15, -0.1) is 0 Å². The Labute approximate surface area is 180 Å². The first kappa shape index (κ1) is 19.4. The number of aliphatic hydroxyl groups is 1. The molecule has 1 aliphatic carbocycles. The Morgan fingerprint density at radius 1 is 1.16 bits per heavy atom. The summed E-state index contributed by atoms with van der Waals surface area (Å²) >= 11 is 0. The SMILES string of the molecule is CNc1ccc(Cn2nc(-c3nc(-c4ccc(C5(O)CCC5)cc4)no3)cc2C)cn1. The topological polar surface area (TPSA) is 102 Å². The van der Waals surface area contributed by atoms with E-state index in [0.29, 0.717) is 24.0 Å². The first-order valence-electron chi connectivity index (χ1n) is 10.4. The molecule has 0 amide bonds. The molecule has 8 heteroatoms. The Morgan fingerprint density at radius 2 is 1.97 bits per heavy atom. The number of nitrogens with one attached hydrogen (secondary N) is 1. The average Bonchev–Trinajstić information content (AvgIpc) is 3.40.